The predicted molar refractivity (Wildman–Crippen MR) is 74.2 cm³/mol. The van der Waals surface area contributed by atoms with E-state index in [9.17, 15) is 9.59 Å². The smallest absolute Gasteiger partial charge is 0.410 e. The molecule has 2 rings (SSSR count). The van der Waals surface area contributed by atoms with E-state index in [0.29, 0.717) is 25.6 Å². The molecule has 0 saturated carbocycles. The Morgan fingerprint density at radius 2 is 2.00 bits per heavy atom. The standard InChI is InChI=1S/C15H25NO4/c1-14(2,3)20-13(18)16-7-5-11(6-8-16)9-15(4)10-19-12(15)17/h11H,5-10H2,1-4H3. The first-order chi connectivity index (χ1) is 9.20. The minimum atomic E-state index is -0.447. The van der Waals surface area contributed by atoms with Crippen LogP contribution < -0.4 is 0 Å². The van der Waals surface area contributed by atoms with Gasteiger partial charge in [0.15, 0.2) is 0 Å². The maximum absolute atomic E-state index is 12.0. The Balaban J connectivity index is 1.78. The second kappa shape index (κ2) is 5.26. The van der Waals surface area contributed by atoms with Crippen LogP contribution in [0.4, 0.5) is 4.79 Å². The molecule has 114 valence electrons. The van der Waals surface area contributed by atoms with Gasteiger partial charge in [-0.05, 0) is 52.9 Å². The zero-order chi connectivity index (χ0) is 15.0. The molecular formula is C15H25NO4. The number of nitrogens with zero attached hydrogens (tertiary/aromatic N) is 1. The Morgan fingerprint density at radius 3 is 2.40 bits per heavy atom. The summed E-state index contributed by atoms with van der Waals surface area (Å²) in [6, 6.07) is 0. The van der Waals surface area contributed by atoms with Crippen LogP contribution in [0.2, 0.25) is 0 Å². The molecule has 1 amide bonds. The Morgan fingerprint density at radius 1 is 1.40 bits per heavy atom. The topological polar surface area (TPSA) is 55.8 Å². The molecule has 1 atom stereocenters. The van der Waals surface area contributed by atoms with Gasteiger partial charge in [0.2, 0.25) is 0 Å². The number of cyclic esters (lactones) is 1. The Hall–Kier alpha value is -1.26. The summed E-state index contributed by atoms with van der Waals surface area (Å²) in [6.45, 7) is 9.56. The Bertz CT molecular complexity index is 393. The second-order valence-electron chi connectivity index (χ2n) is 7.25. The van der Waals surface area contributed by atoms with Gasteiger partial charge < -0.3 is 14.4 Å². The van der Waals surface area contributed by atoms with E-state index < -0.39 is 5.60 Å². The number of rotatable bonds is 2. The second-order valence-corrected chi connectivity index (χ2v) is 7.25. The molecule has 2 heterocycles. The number of carbonyl (C=O) groups is 2. The highest BCUT2D eigenvalue weighted by atomic mass is 16.6. The number of likely N-dealkylation sites (tertiary alicyclic amines) is 1. The van der Waals surface area contributed by atoms with E-state index in [1.165, 1.54) is 0 Å². The van der Waals surface area contributed by atoms with E-state index in [0.717, 1.165) is 19.3 Å². The number of ether oxygens (including phenoxy) is 2. The summed E-state index contributed by atoms with van der Waals surface area (Å²) in [7, 11) is 0. The van der Waals surface area contributed by atoms with Crippen molar-refractivity contribution in [2.75, 3.05) is 19.7 Å². The molecule has 2 fully saturated rings. The molecule has 5 heteroatoms. The number of esters is 1. The van der Waals surface area contributed by atoms with Crippen LogP contribution in [0.3, 0.4) is 0 Å². The van der Waals surface area contributed by atoms with E-state index >= 15 is 0 Å². The molecule has 0 aromatic rings. The first kappa shape index (κ1) is 15.1. The summed E-state index contributed by atoms with van der Waals surface area (Å²) in [5, 5.41) is 0. The van der Waals surface area contributed by atoms with Crippen molar-refractivity contribution in [3.05, 3.63) is 0 Å². The lowest BCUT2D eigenvalue weighted by molar-refractivity contribution is -0.185. The monoisotopic (exact) mass is 283 g/mol. The van der Waals surface area contributed by atoms with Crippen molar-refractivity contribution in [2.24, 2.45) is 11.3 Å². The van der Waals surface area contributed by atoms with E-state index in [2.05, 4.69) is 0 Å². The maximum Gasteiger partial charge on any atom is 0.410 e. The fourth-order valence-electron chi connectivity index (χ4n) is 2.80. The average molecular weight is 283 g/mol. The summed E-state index contributed by atoms with van der Waals surface area (Å²) >= 11 is 0. The summed E-state index contributed by atoms with van der Waals surface area (Å²) < 4.78 is 10.3. The van der Waals surface area contributed by atoms with E-state index in [-0.39, 0.29) is 17.5 Å². The van der Waals surface area contributed by atoms with Crippen molar-refractivity contribution in [2.45, 2.75) is 52.6 Å². The zero-order valence-corrected chi connectivity index (χ0v) is 12.9. The molecule has 2 aliphatic rings. The summed E-state index contributed by atoms with van der Waals surface area (Å²) in [4.78, 5) is 25.2. The van der Waals surface area contributed by atoms with Crippen molar-refractivity contribution in [3.8, 4) is 0 Å². The molecule has 0 spiro atoms. The van der Waals surface area contributed by atoms with Crippen molar-refractivity contribution in [3.63, 3.8) is 0 Å². The third-order valence-corrected chi connectivity index (χ3v) is 4.02. The SMILES string of the molecule is CC(C)(C)OC(=O)N1CCC(CC2(C)COC2=O)CC1. The van der Waals surface area contributed by atoms with Crippen molar-refractivity contribution < 1.29 is 19.1 Å². The van der Waals surface area contributed by atoms with E-state index in [4.69, 9.17) is 9.47 Å². The van der Waals surface area contributed by atoms with Gasteiger partial charge in [0.05, 0.1) is 5.41 Å². The van der Waals surface area contributed by atoms with Crippen LogP contribution in [-0.2, 0) is 14.3 Å². The highest BCUT2D eigenvalue weighted by molar-refractivity contribution is 5.81. The molecule has 5 nitrogen and oxygen atoms in total. The molecule has 0 aromatic carbocycles. The van der Waals surface area contributed by atoms with Crippen LogP contribution in [0.25, 0.3) is 0 Å². The molecule has 0 aromatic heterocycles. The minimum absolute atomic E-state index is 0.0768. The molecule has 2 saturated heterocycles. The van der Waals surface area contributed by atoms with E-state index in [1.54, 1.807) is 4.90 Å². The minimum Gasteiger partial charge on any atom is -0.464 e. The number of carbonyl (C=O) groups excluding carboxylic acids is 2. The predicted octanol–water partition coefficient (Wildman–Crippen LogP) is 2.59. The quantitative estimate of drug-likeness (QED) is 0.731. The van der Waals surface area contributed by atoms with Gasteiger partial charge in [0, 0.05) is 13.1 Å². The van der Waals surface area contributed by atoms with Gasteiger partial charge in [-0.3, -0.25) is 4.79 Å². The molecule has 2 aliphatic heterocycles. The number of hydrogen-bond acceptors (Lipinski definition) is 4. The zero-order valence-electron chi connectivity index (χ0n) is 12.9. The highest BCUT2D eigenvalue weighted by Gasteiger charge is 2.46. The van der Waals surface area contributed by atoms with Gasteiger partial charge in [0.1, 0.15) is 12.2 Å². The highest BCUT2D eigenvalue weighted by Crippen LogP contribution is 2.38. The van der Waals surface area contributed by atoms with Crippen LogP contribution in [0, 0.1) is 11.3 Å². The van der Waals surface area contributed by atoms with Gasteiger partial charge in [-0.2, -0.15) is 0 Å². The lowest BCUT2D eigenvalue weighted by atomic mass is 9.76. The first-order valence-corrected chi connectivity index (χ1v) is 7.35. The maximum atomic E-state index is 12.0. The van der Waals surface area contributed by atoms with Gasteiger partial charge in [-0.25, -0.2) is 4.79 Å². The Labute approximate surface area is 120 Å². The van der Waals surface area contributed by atoms with Crippen LogP contribution in [0.15, 0.2) is 0 Å². The van der Waals surface area contributed by atoms with Gasteiger partial charge in [-0.1, -0.05) is 0 Å². The van der Waals surface area contributed by atoms with Gasteiger partial charge in [0.25, 0.3) is 0 Å². The fraction of sp³-hybridized carbons (Fsp3) is 0.867. The van der Waals surface area contributed by atoms with Crippen molar-refractivity contribution in [1.29, 1.82) is 0 Å². The third-order valence-electron chi connectivity index (χ3n) is 4.02. The van der Waals surface area contributed by atoms with Crippen LogP contribution >= 0.6 is 0 Å². The molecule has 0 radical (unpaired) electrons. The van der Waals surface area contributed by atoms with Crippen LogP contribution in [0.1, 0.15) is 47.0 Å². The molecule has 20 heavy (non-hydrogen) atoms. The summed E-state index contributed by atoms with van der Waals surface area (Å²) in [5.41, 5.74) is -0.740. The van der Waals surface area contributed by atoms with Gasteiger partial charge >= 0.3 is 12.1 Å². The van der Waals surface area contributed by atoms with Crippen molar-refractivity contribution in [1.82, 2.24) is 4.90 Å². The fourth-order valence-corrected chi connectivity index (χ4v) is 2.80. The summed E-state index contributed by atoms with van der Waals surface area (Å²) in [5.74, 6) is 0.415. The van der Waals surface area contributed by atoms with Gasteiger partial charge in [-0.15, -0.1) is 0 Å². The molecule has 0 aliphatic carbocycles. The summed E-state index contributed by atoms with van der Waals surface area (Å²) in [6.07, 6.45) is 2.50. The number of hydrogen-bond donors (Lipinski definition) is 0. The number of amides is 1. The third kappa shape index (κ3) is 3.44. The molecule has 0 N–H and O–H groups in total. The molecule has 1 unspecified atom stereocenters. The first-order valence-electron chi connectivity index (χ1n) is 7.35. The normalized spacial score (nSPS) is 27.8. The number of piperidine rings is 1. The largest absolute Gasteiger partial charge is 0.464 e. The average Bonchev–Trinajstić information content (AvgIpc) is 2.35. The van der Waals surface area contributed by atoms with Crippen LogP contribution in [-0.4, -0.2) is 42.3 Å². The Kier molecular flexibility index (Phi) is 3.98. The van der Waals surface area contributed by atoms with Crippen molar-refractivity contribution >= 4 is 12.1 Å². The lowest BCUT2D eigenvalue weighted by Gasteiger charge is -2.40. The molecular weight excluding hydrogens is 258 g/mol. The van der Waals surface area contributed by atoms with Crippen LogP contribution in [0.5, 0.6) is 0 Å². The lowest BCUT2D eigenvalue weighted by Crippen LogP contribution is -2.48. The molecule has 0 bridgehead atoms. The van der Waals surface area contributed by atoms with E-state index in [1.807, 2.05) is 27.7 Å².